The van der Waals surface area contributed by atoms with Gasteiger partial charge in [0.1, 0.15) is 0 Å². The Bertz CT molecular complexity index is 531. The third-order valence-corrected chi connectivity index (χ3v) is 4.88. The van der Waals surface area contributed by atoms with Gasteiger partial charge in [-0.1, -0.05) is 25.1 Å². The zero-order valence-electron chi connectivity index (χ0n) is 14.1. The van der Waals surface area contributed by atoms with Gasteiger partial charge in [0, 0.05) is 24.3 Å². The molecule has 0 bridgehead atoms. The van der Waals surface area contributed by atoms with E-state index in [9.17, 15) is 4.79 Å². The molecule has 1 N–H and O–H groups in total. The lowest BCUT2D eigenvalue weighted by atomic mass is 10.1. The van der Waals surface area contributed by atoms with Crippen molar-refractivity contribution in [3.63, 3.8) is 0 Å². The first kappa shape index (κ1) is 18.2. The van der Waals surface area contributed by atoms with Gasteiger partial charge in [0.05, 0.1) is 6.54 Å². The lowest BCUT2D eigenvalue weighted by Gasteiger charge is -2.31. The number of nitrogens with zero attached hydrogens (tertiary/aromatic N) is 2. The largest absolute Gasteiger partial charge is 0.315 e. The van der Waals surface area contributed by atoms with E-state index in [4.69, 9.17) is 0 Å². The number of carbonyl (C=O) groups is 1. The molecule has 0 aliphatic carbocycles. The second kappa shape index (κ2) is 8.13. The third kappa shape index (κ3) is 3.87. The molecule has 0 radical (unpaired) electrons. The van der Waals surface area contributed by atoms with Crippen molar-refractivity contribution in [1.29, 1.82) is 0 Å². The van der Waals surface area contributed by atoms with Crippen molar-refractivity contribution in [2.45, 2.75) is 45.2 Å². The van der Waals surface area contributed by atoms with Crippen LogP contribution in [0.25, 0.3) is 0 Å². The summed E-state index contributed by atoms with van der Waals surface area (Å²) in [4.78, 5) is 17.3. The highest BCUT2D eigenvalue weighted by Gasteiger charge is 2.32. The minimum atomic E-state index is 0. The van der Waals surface area contributed by atoms with Crippen molar-refractivity contribution in [3.8, 4) is 0 Å². The number of hydrogen-bond acceptors (Lipinski definition) is 3. The fourth-order valence-corrected chi connectivity index (χ4v) is 3.82. The smallest absolute Gasteiger partial charge is 0.241 e. The number of hydrogen-bond donors (Lipinski definition) is 1. The van der Waals surface area contributed by atoms with Gasteiger partial charge in [-0.05, 0) is 50.9 Å². The molecule has 1 aromatic carbocycles. The van der Waals surface area contributed by atoms with E-state index in [2.05, 4.69) is 42.3 Å². The van der Waals surface area contributed by atoms with Gasteiger partial charge in [0.2, 0.25) is 5.91 Å². The summed E-state index contributed by atoms with van der Waals surface area (Å²) in [6.07, 6.45) is 3.22. The van der Waals surface area contributed by atoms with Crippen molar-refractivity contribution < 1.29 is 4.79 Å². The van der Waals surface area contributed by atoms with Crippen molar-refractivity contribution in [1.82, 2.24) is 10.2 Å². The molecule has 4 nitrogen and oxygen atoms in total. The number of anilines is 1. The van der Waals surface area contributed by atoms with Crippen molar-refractivity contribution in [2.24, 2.45) is 0 Å². The van der Waals surface area contributed by atoms with E-state index >= 15 is 0 Å². The molecule has 0 spiro atoms. The van der Waals surface area contributed by atoms with E-state index in [1.807, 2.05) is 11.0 Å². The molecule has 0 saturated carbocycles. The number of carbonyl (C=O) groups excluding carboxylic acids is 1. The summed E-state index contributed by atoms with van der Waals surface area (Å²) >= 11 is 0. The molecule has 2 unspecified atom stereocenters. The number of nitrogens with one attached hydrogen (secondary N) is 1. The highest BCUT2D eigenvalue weighted by molar-refractivity contribution is 5.97. The third-order valence-electron chi connectivity index (χ3n) is 4.88. The lowest BCUT2D eigenvalue weighted by Crippen LogP contribution is -2.47. The molecule has 5 heteroatoms. The van der Waals surface area contributed by atoms with Crippen molar-refractivity contribution in [3.05, 3.63) is 29.8 Å². The summed E-state index contributed by atoms with van der Waals surface area (Å²) in [5, 5.41) is 3.41. The van der Waals surface area contributed by atoms with Crippen LogP contribution in [-0.4, -0.2) is 49.1 Å². The van der Waals surface area contributed by atoms with Crippen LogP contribution in [0.15, 0.2) is 24.3 Å². The molecule has 23 heavy (non-hydrogen) atoms. The van der Waals surface area contributed by atoms with Crippen LogP contribution in [0, 0.1) is 0 Å². The Morgan fingerprint density at radius 1 is 1.39 bits per heavy atom. The minimum Gasteiger partial charge on any atom is -0.315 e. The summed E-state index contributed by atoms with van der Waals surface area (Å²) in [6.45, 7) is 7.97. The molecule has 2 atom stereocenters. The molecule has 0 aromatic heterocycles. The average molecular weight is 338 g/mol. The number of halogens is 1. The van der Waals surface area contributed by atoms with Crippen LogP contribution in [0.1, 0.15) is 32.3 Å². The van der Waals surface area contributed by atoms with Gasteiger partial charge in [-0.25, -0.2) is 0 Å². The Hall–Kier alpha value is -1.10. The monoisotopic (exact) mass is 337 g/mol. The number of rotatable bonds is 5. The van der Waals surface area contributed by atoms with E-state index < -0.39 is 0 Å². The Kier molecular flexibility index (Phi) is 6.45. The van der Waals surface area contributed by atoms with E-state index in [1.54, 1.807) is 0 Å². The number of amides is 1. The zero-order valence-corrected chi connectivity index (χ0v) is 14.9. The van der Waals surface area contributed by atoms with Crippen molar-refractivity contribution >= 4 is 24.0 Å². The highest BCUT2D eigenvalue weighted by Crippen LogP contribution is 2.32. The molecule has 1 saturated heterocycles. The van der Waals surface area contributed by atoms with Crippen LogP contribution < -0.4 is 10.2 Å². The zero-order chi connectivity index (χ0) is 15.5. The van der Waals surface area contributed by atoms with Gasteiger partial charge in [-0.15, -0.1) is 12.4 Å². The minimum absolute atomic E-state index is 0. The normalized spacial score (nSPS) is 23.0. The van der Waals surface area contributed by atoms with Crippen LogP contribution in [0.2, 0.25) is 0 Å². The standard InChI is InChI=1S/C18H27N3O.ClH/c1-3-10-20(16-8-9-19-12-16)13-18(22)21-14(2)11-15-6-4-5-7-17(15)21;/h4-7,14,16,19H,3,8-13H2,1-2H3;1H. The number of para-hydroxylation sites is 1. The Morgan fingerprint density at radius 2 is 2.17 bits per heavy atom. The first-order chi connectivity index (χ1) is 10.7. The molecule has 128 valence electrons. The van der Waals surface area contributed by atoms with Crippen LogP contribution in [0.4, 0.5) is 5.69 Å². The maximum Gasteiger partial charge on any atom is 0.241 e. The van der Waals surface area contributed by atoms with Crippen LogP contribution in [0.5, 0.6) is 0 Å². The first-order valence-electron chi connectivity index (χ1n) is 8.55. The fraction of sp³-hybridized carbons (Fsp3) is 0.611. The summed E-state index contributed by atoms with van der Waals surface area (Å²) in [5.41, 5.74) is 2.41. The van der Waals surface area contributed by atoms with Crippen LogP contribution in [-0.2, 0) is 11.2 Å². The predicted octanol–water partition coefficient (Wildman–Crippen LogP) is 2.46. The second-order valence-corrected chi connectivity index (χ2v) is 6.56. The van der Waals surface area contributed by atoms with Crippen LogP contribution in [0.3, 0.4) is 0 Å². The maximum atomic E-state index is 12.9. The number of benzene rings is 1. The summed E-state index contributed by atoms with van der Waals surface area (Å²) in [6, 6.07) is 9.10. The summed E-state index contributed by atoms with van der Waals surface area (Å²) in [5.74, 6) is 0.248. The van der Waals surface area contributed by atoms with Gasteiger partial charge in [0.25, 0.3) is 0 Å². The molecule has 2 heterocycles. The van der Waals surface area contributed by atoms with Gasteiger partial charge in [0.15, 0.2) is 0 Å². The van der Waals surface area contributed by atoms with Crippen LogP contribution >= 0.6 is 12.4 Å². The van der Waals surface area contributed by atoms with E-state index in [-0.39, 0.29) is 24.4 Å². The Labute approximate surface area is 145 Å². The molecule has 2 aliphatic heterocycles. The molecule has 1 aromatic rings. The highest BCUT2D eigenvalue weighted by atomic mass is 35.5. The lowest BCUT2D eigenvalue weighted by molar-refractivity contribution is -0.120. The molecular weight excluding hydrogens is 310 g/mol. The Morgan fingerprint density at radius 3 is 2.87 bits per heavy atom. The van der Waals surface area contributed by atoms with Gasteiger partial charge < -0.3 is 10.2 Å². The number of fused-ring (bicyclic) bond motifs is 1. The van der Waals surface area contributed by atoms with Gasteiger partial charge in [-0.2, -0.15) is 0 Å². The van der Waals surface area contributed by atoms with Crippen molar-refractivity contribution in [2.75, 3.05) is 31.1 Å². The van der Waals surface area contributed by atoms with E-state index in [0.717, 1.165) is 44.6 Å². The molecule has 1 amide bonds. The Balaban J connectivity index is 0.00000192. The summed E-state index contributed by atoms with van der Waals surface area (Å²) in [7, 11) is 0. The molecular formula is C18H28ClN3O. The predicted molar refractivity (Wildman–Crippen MR) is 97.5 cm³/mol. The van der Waals surface area contributed by atoms with E-state index in [1.165, 1.54) is 5.56 Å². The van der Waals surface area contributed by atoms with Gasteiger partial charge >= 0.3 is 0 Å². The second-order valence-electron chi connectivity index (χ2n) is 6.56. The quantitative estimate of drug-likeness (QED) is 0.896. The summed E-state index contributed by atoms with van der Waals surface area (Å²) < 4.78 is 0. The van der Waals surface area contributed by atoms with E-state index in [0.29, 0.717) is 12.6 Å². The SMILES string of the molecule is CCCN(CC(=O)N1c2ccccc2CC1C)C1CCNC1.Cl. The van der Waals surface area contributed by atoms with Gasteiger partial charge in [-0.3, -0.25) is 9.69 Å². The topological polar surface area (TPSA) is 35.6 Å². The molecule has 3 rings (SSSR count). The fourth-order valence-electron chi connectivity index (χ4n) is 3.82. The first-order valence-corrected chi connectivity index (χ1v) is 8.55. The maximum absolute atomic E-state index is 12.9. The molecule has 2 aliphatic rings. The molecule has 1 fully saturated rings. The average Bonchev–Trinajstić information content (AvgIpc) is 3.13.